The van der Waals surface area contributed by atoms with Gasteiger partial charge >= 0.3 is 0 Å². The highest BCUT2D eigenvalue weighted by Gasteiger charge is 2.14. The van der Waals surface area contributed by atoms with Gasteiger partial charge in [-0.15, -0.1) is 0 Å². The van der Waals surface area contributed by atoms with Crippen LogP contribution < -0.4 is 24.4 Å². The van der Waals surface area contributed by atoms with E-state index in [1.165, 1.54) is 6.08 Å². The van der Waals surface area contributed by atoms with Crippen LogP contribution >= 0.6 is 0 Å². The van der Waals surface area contributed by atoms with E-state index >= 15 is 0 Å². The first-order chi connectivity index (χ1) is 15.1. The van der Waals surface area contributed by atoms with E-state index in [2.05, 4.69) is 20.2 Å². The zero-order valence-corrected chi connectivity index (χ0v) is 18.1. The van der Waals surface area contributed by atoms with Crippen LogP contribution in [0.1, 0.15) is 11.4 Å². The highest BCUT2D eigenvalue weighted by molar-refractivity contribution is 5.91. The van der Waals surface area contributed by atoms with Gasteiger partial charge < -0.3 is 29.2 Å². The normalized spacial score (nSPS) is 13.8. The topological polar surface area (TPSA) is 95.0 Å². The number of aromatic nitrogens is 2. The zero-order chi connectivity index (χ0) is 22.1. The minimum atomic E-state index is -0.216. The van der Waals surface area contributed by atoms with Gasteiger partial charge in [0.2, 0.25) is 11.8 Å². The summed E-state index contributed by atoms with van der Waals surface area (Å²) in [6, 6.07) is 7.25. The molecule has 1 fully saturated rings. The molecule has 9 nitrogen and oxygen atoms in total. The van der Waals surface area contributed by atoms with Gasteiger partial charge in [-0.1, -0.05) is 6.07 Å². The van der Waals surface area contributed by atoms with Crippen molar-refractivity contribution in [3.63, 3.8) is 0 Å². The molecule has 1 amide bonds. The van der Waals surface area contributed by atoms with E-state index in [-0.39, 0.29) is 5.91 Å². The van der Waals surface area contributed by atoms with Crippen LogP contribution in [0.3, 0.4) is 0 Å². The van der Waals surface area contributed by atoms with E-state index in [4.69, 9.17) is 18.9 Å². The number of aryl methyl sites for hydroxylation is 1. The van der Waals surface area contributed by atoms with Crippen molar-refractivity contribution in [3.8, 4) is 17.4 Å². The first kappa shape index (κ1) is 22.4. The molecule has 1 aromatic heterocycles. The molecule has 9 heteroatoms. The maximum Gasteiger partial charge on any atom is 0.244 e. The van der Waals surface area contributed by atoms with E-state index in [1.54, 1.807) is 32.4 Å². The lowest BCUT2D eigenvalue weighted by atomic mass is 10.2. The van der Waals surface area contributed by atoms with Crippen molar-refractivity contribution in [2.75, 3.05) is 58.6 Å². The Morgan fingerprint density at radius 1 is 1.16 bits per heavy atom. The minimum Gasteiger partial charge on any atom is -0.493 e. The zero-order valence-electron chi connectivity index (χ0n) is 18.1. The summed E-state index contributed by atoms with van der Waals surface area (Å²) >= 11 is 0. The van der Waals surface area contributed by atoms with E-state index in [1.807, 2.05) is 19.1 Å². The van der Waals surface area contributed by atoms with E-state index in [0.717, 1.165) is 24.5 Å². The number of carbonyl (C=O) groups is 1. The van der Waals surface area contributed by atoms with Gasteiger partial charge in [-0.05, 0) is 30.7 Å². The number of hydrogen-bond acceptors (Lipinski definition) is 8. The third-order valence-corrected chi connectivity index (χ3v) is 4.62. The van der Waals surface area contributed by atoms with Crippen molar-refractivity contribution in [1.82, 2.24) is 15.3 Å². The lowest BCUT2D eigenvalue weighted by molar-refractivity contribution is -0.116. The molecular weight excluding hydrogens is 400 g/mol. The Morgan fingerprint density at radius 2 is 1.94 bits per heavy atom. The van der Waals surface area contributed by atoms with Crippen LogP contribution in [-0.2, 0) is 9.53 Å². The van der Waals surface area contributed by atoms with Gasteiger partial charge in [-0.25, -0.2) is 4.98 Å². The molecule has 0 spiro atoms. The Balaban J connectivity index is 1.46. The number of nitrogens with zero attached hydrogens (tertiary/aromatic N) is 3. The monoisotopic (exact) mass is 428 g/mol. The van der Waals surface area contributed by atoms with Crippen LogP contribution in [-0.4, -0.2) is 69.5 Å². The molecule has 0 bridgehead atoms. The summed E-state index contributed by atoms with van der Waals surface area (Å²) in [6.45, 7) is 5.43. The summed E-state index contributed by atoms with van der Waals surface area (Å²) in [6.07, 6.45) is 3.17. The maximum atomic E-state index is 12.1. The lowest BCUT2D eigenvalue weighted by Gasteiger charge is -2.28. The van der Waals surface area contributed by atoms with Crippen molar-refractivity contribution in [2.24, 2.45) is 0 Å². The molecule has 2 heterocycles. The largest absolute Gasteiger partial charge is 0.493 e. The lowest BCUT2D eigenvalue weighted by Crippen LogP contribution is -2.37. The molecule has 2 aromatic rings. The molecule has 0 unspecified atom stereocenters. The predicted molar refractivity (Wildman–Crippen MR) is 117 cm³/mol. The number of carbonyl (C=O) groups excluding carboxylic acids is 1. The summed E-state index contributed by atoms with van der Waals surface area (Å²) < 4.78 is 21.6. The molecule has 1 N–H and O–H groups in total. The van der Waals surface area contributed by atoms with Crippen LogP contribution in [0.15, 0.2) is 30.3 Å². The summed E-state index contributed by atoms with van der Waals surface area (Å²) in [4.78, 5) is 23.0. The average molecular weight is 428 g/mol. The number of morpholine rings is 1. The number of hydrogen-bond donors (Lipinski definition) is 1. The van der Waals surface area contributed by atoms with Crippen molar-refractivity contribution >= 4 is 17.8 Å². The molecule has 1 aliphatic heterocycles. The number of benzene rings is 1. The second kappa shape index (κ2) is 11.2. The fraction of sp³-hybridized carbons (Fsp3) is 0.409. The Bertz CT molecular complexity index is 913. The maximum absolute atomic E-state index is 12.1. The van der Waals surface area contributed by atoms with Crippen LogP contribution in [0.2, 0.25) is 0 Å². The van der Waals surface area contributed by atoms with Gasteiger partial charge in [0.05, 0.1) is 34.0 Å². The van der Waals surface area contributed by atoms with Crippen LogP contribution in [0, 0.1) is 6.92 Å². The molecule has 3 rings (SSSR count). The Kier molecular flexibility index (Phi) is 8.05. The molecule has 0 radical (unpaired) electrons. The fourth-order valence-corrected chi connectivity index (χ4v) is 3.07. The van der Waals surface area contributed by atoms with Crippen LogP contribution in [0.5, 0.6) is 17.4 Å². The number of rotatable bonds is 9. The van der Waals surface area contributed by atoms with E-state index < -0.39 is 0 Å². The number of amides is 1. The molecule has 31 heavy (non-hydrogen) atoms. The SMILES string of the molecule is COc1ccc(/C=C/C(=O)NCCOc2cc(N3CCOCC3)nc(C)n2)cc1OC. The second-order valence-corrected chi connectivity index (χ2v) is 6.80. The van der Waals surface area contributed by atoms with Gasteiger partial charge in [0.15, 0.2) is 11.5 Å². The first-order valence-corrected chi connectivity index (χ1v) is 10.1. The average Bonchev–Trinajstić information content (AvgIpc) is 2.80. The number of ether oxygens (including phenoxy) is 4. The van der Waals surface area contributed by atoms with E-state index in [0.29, 0.717) is 49.6 Å². The van der Waals surface area contributed by atoms with Crippen LogP contribution in [0.4, 0.5) is 5.82 Å². The molecule has 1 aromatic carbocycles. The van der Waals surface area contributed by atoms with Crippen LogP contribution in [0.25, 0.3) is 6.08 Å². The third kappa shape index (κ3) is 6.58. The van der Waals surface area contributed by atoms with Gasteiger partial charge in [0, 0.05) is 25.2 Å². The molecule has 0 atom stereocenters. The summed E-state index contributed by atoms with van der Waals surface area (Å²) in [5.74, 6) is 2.98. The summed E-state index contributed by atoms with van der Waals surface area (Å²) in [5.41, 5.74) is 0.830. The molecule has 1 aliphatic rings. The molecule has 0 aliphatic carbocycles. The quantitative estimate of drug-likeness (QED) is 0.478. The summed E-state index contributed by atoms with van der Waals surface area (Å²) in [5, 5.41) is 2.79. The standard InChI is InChI=1S/C22H28N4O5/c1-16-24-20(26-9-12-30-13-10-26)15-22(25-16)31-11-8-23-21(27)7-5-17-4-6-18(28-2)19(14-17)29-3/h4-7,14-15H,8-13H2,1-3H3,(H,23,27)/b7-5+. The third-order valence-electron chi connectivity index (χ3n) is 4.62. The minimum absolute atomic E-state index is 0.216. The first-order valence-electron chi connectivity index (χ1n) is 10.1. The number of nitrogens with one attached hydrogen (secondary N) is 1. The predicted octanol–water partition coefficient (Wildman–Crippen LogP) is 1.85. The Labute approximate surface area is 182 Å². The van der Waals surface area contributed by atoms with Crippen molar-refractivity contribution < 1.29 is 23.7 Å². The molecule has 0 saturated carbocycles. The Morgan fingerprint density at radius 3 is 2.68 bits per heavy atom. The van der Waals surface area contributed by atoms with E-state index in [9.17, 15) is 4.79 Å². The summed E-state index contributed by atoms with van der Waals surface area (Å²) in [7, 11) is 3.15. The highest BCUT2D eigenvalue weighted by Crippen LogP contribution is 2.27. The molecule has 1 saturated heterocycles. The number of methoxy groups -OCH3 is 2. The smallest absolute Gasteiger partial charge is 0.244 e. The van der Waals surface area contributed by atoms with Gasteiger partial charge in [-0.3, -0.25) is 4.79 Å². The van der Waals surface area contributed by atoms with Crippen molar-refractivity contribution in [2.45, 2.75) is 6.92 Å². The highest BCUT2D eigenvalue weighted by atomic mass is 16.5. The molecular formula is C22H28N4O5. The van der Waals surface area contributed by atoms with Gasteiger partial charge in [0.25, 0.3) is 0 Å². The van der Waals surface area contributed by atoms with Crippen molar-refractivity contribution in [1.29, 1.82) is 0 Å². The number of anilines is 1. The van der Waals surface area contributed by atoms with Crippen molar-refractivity contribution in [3.05, 3.63) is 41.7 Å². The fourth-order valence-electron chi connectivity index (χ4n) is 3.07. The van der Waals surface area contributed by atoms with Gasteiger partial charge in [-0.2, -0.15) is 4.98 Å². The molecule has 166 valence electrons. The van der Waals surface area contributed by atoms with Gasteiger partial charge in [0.1, 0.15) is 18.2 Å². The second-order valence-electron chi connectivity index (χ2n) is 6.80. The Hall–Kier alpha value is -3.33.